The van der Waals surface area contributed by atoms with Gasteiger partial charge in [0.2, 0.25) is 0 Å². The largest absolute Gasteiger partial charge is 0.456 e. The molecule has 0 N–H and O–H groups in total. The van der Waals surface area contributed by atoms with Crippen LogP contribution in [0.5, 0.6) is 0 Å². The lowest BCUT2D eigenvalue weighted by atomic mass is 9.84. The zero-order valence-electron chi connectivity index (χ0n) is 11.2. The molecule has 1 aromatic heterocycles. The van der Waals surface area contributed by atoms with E-state index >= 15 is 0 Å². The van der Waals surface area contributed by atoms with E-state index in [1.165, 1.54) is 27.5 Å². The Labute approximate surface area is 112 Å². The van der Waals surface area contributed by atoms with E-state index in [2.05, 4.69) is 50.3 Å². The Hall–Kier alpha value is -2.02. The second-order valence-corrected chi connectivity index (χ2v) is 5.54. The van der Waals surface area contributed by atoms with Crippen LogP contribution in [0.3, 0.4) is 0 Å². The second-order valence-electron chi connectivity index (χ2n) is 5.54. The van der Waals surface area contributed by atoms with Crippen molar-refractivity contribution in [3.8, 4) is 0 Å². The number of hydrogen-bond acceptors (Lipinski definition) is 1. The van der Waals surface area contributed by atoms with Crippen LogP contribution in [0.4, 0.5) is 0 Å². The highest BCUT2D eigenvalue weighted by Crippen LogP contribution is 2.41. The molecule has 2 aromatic carbocycles. The average Bonchev–Trinajstić information content (AvgIpc) is 2.79. The monoisotopic (exact) mass is 248 g/mol. The Kier molecular flexibility index (Phi) is 2.14. The van der Waals surface area contributed by atoms with E-state index in [9.17, 15) is 0 Å². The van der Waals surface area contributed by atoms with Gasteiger partial charge >= 0.3 is 0 Å². The number of aryl methyl sites for hydroxylation is 1. The fraction of sp³-hybridized carbons (Fsp3) is 0.222. The Balaban J connectivity index is 2.28. The van der Waals surface area contributed by atoms with Gasteiger partial charge in [-0.3, -0.25) is 0 Å². The molecule has 0 spiro atoms. The Morgan fingerprint density at radius 2 is 2.05 bits per heavy atom. The zero-order chi connectivity index (χ0) is 13.0. The zero-order valence-corrected chi connectivity index (χ0v) is 11.2. The van der Waals surface area contributed by atoms with Crippen molar-refractivity contribution >= 4 is 28.0 Å². The van der Waals surface area contributed by atoms with Crippen molar-refractivity contribution in [1.29, 1.82) is 0 Å². The molecule has 0 amide bonds. The van der Waals surface area contributed by atoms with Crippen molar-refractivity contribution in [3.63, 3.8) is 0 Å². The van der Waals surface area contributed by atoms with E-state index in [1.54, 1.807) is 0 Å². The maximum atomic E-state index is 6.07. The van der Waals surface area contributed by atoms with E-state index in [1.807, 2.05) is 6.07 Å². The number of benzene rings is 2. The van der Waals surface area contributed by atoms with Crippen molar-refractivity contribution < 1.29 is 4.42 Å². The molecule has 1 atom stereocenters. The molecule has 0 fully saturated rings. The number of fused-ring (bicyclic) bond motifs is 5. The first kappa shape index (κ1) is 10.9. The lowest BCUT2D eigenvalue weighted by Gasteiger charge is -2.19. The minimum absolute atomic E-state index is 0.559. The van der Waals surface area contributed by atoms with Gasteiger partial charge in [0.25, 0.3) is 0 Å². The normalized spacial score (nSPS) is 18.1. The SMILES string of the molecule is Cc1cc2c(c3c1oc1ccccc13)C(C)CC=C2. The highest BCUT2D eigenvalue weighted by molar-refractivity contribution is 6.09. The quantitative estimate of drug-likeness (QED) is 0.518. The molecule has 1 aliphatic rings. The van der Waals surface area contributed by atoms with Crippen molar-refractivity contribution in [1.82, 2.24) is 0 Å². The topological polar surface area (TPSA) is 13.1 Å². The summed E-state index contributed by atoms with van der Waals surface area (Å²) < 4.78 is 6.07. The minimum atomic E-state index is 0.559. The summed E-state index contributed by atoms with van der Waals surface area (Å²) in [4.78, 5) is 0. The summed E-state index contributed by atoms with van der Waals surface area (Å²) in [5, 5.41) is 2.57. The second kappa shape index (κ2) is 3.74. The van der Waals surface area contributed by atoms with Gasteiger partial charge in [0.1, 0.15) is 11.2 Å². The first-order valence-electron chi connectivity index (χ1n) is 6.87. The maximum absolute atomic E-state index is 6.07. The summed E-state index contributed by atoms with van der Waals surface area (Å²) in [6.45, 7) is 4.44. The van der Waals surface area contributed by atoms with E-state index in [0.29, 0.717) is 5.92 Å². The summed E-state index contributed by atoms with van der Waals surface area (Å²) in [5.74, 6) is 0.559. The molecule has 1 unspecified atom stereocenters. The molecule has 0 saturated carbocycles. The van der Waals surface area contributed by atoms with Gasteiger partial charge in [-0.15, -0.1) is 0 Å². The lowest BCUT2D eigenvalue weighted by Crippen LogP contribution is -2.01. The van der Waals surface area contributed by atoms with Crippen LogP contribution in [0.25, 0.3) is 28.0 Å². The molecule has 1 nitrogen and oxygen atoms in total. The molecule has 94 valence electrons. The van der Waals surface area contributed by atoms with Crippen molar-refractivity contribution in [2.24, 2.45) is 0 Å². The maximum Gasteiger partial charge on any atom is 0.138 e. The van der Waals surface area contributed by atoms with Gasteiger partial charge in [-0.25, -0.2) is 0 Å². The molecule has 1 aliphatic carbocycles. The Morgan fingerprint density at radius 1 is 1.21 bits per heavy atom. The van der Waals surface area contributed by atoms with Crippen molar-refractivity contribution in [3.05, 3.63) is 53.1 Å². The predicted octanol–water partition coefficient (Wildman–Crippen LogP) is 5.41. The van der Waals surface area contributed by atoms with Crippen LogP contribution in [-0.2, 0) is 0 Å². The third kappa shape index (κ3) is 1.42. The van der Waals surface area contributed by atoms with Crippen molar-refractivity contribution in [2.75, 3.05) is 0 Å². The van der Waals surface area contributed by atoms with Crippen molar-refractivity contribution in [2.45, 2.75) is 26.2 Å². The van der Waals surface area contributed by atoms with Crippen LogP contribution >= 0.6 is 0 Å². The van der Waals surface area contributed by atoms with Gasteiger partial charge in [-0.1, -0.05) is 37.3 Å². The molecular weight excluding hydrogens is 232 g/mol. The summed E-state index contributed by atoms with van der Waals surface area (Å²) >= 11 is 0. The van der Waals surface area contributed by atoms with Gasteiger partial charge in [0.15, 0.2) is 0 Å². The van der Waals surface area contributed by atoms with E-state index in [-0.39, 0.29) is 0 Å². The fourth-order valence-electron chi connectivity index (χ4n) is 3.30. The number of hydrogen-bond donors (Lipinski definition) is 0. The fourth-order valence-corrected chi connectivity index (χ4v) is 3.30. The third-order valence-electron chi connectivity index (χ3n) is 4.19. The third-order valence-corrected chi connectivity index (χ3v) is 4.19. The van der Waals surface area contributed by atoms with Crippen LogP contribution in [0.2, 0.25) is 0 Å². The Morgan fingerprint density at radius 3 is 2.95 bits per heavy atom. The molecule has 1 heteroatoms. The van der Waals surface area contributed by atoms with E-state index < -0.39 is 0 Å². The predicted molar refractivity (Wildman–Crippen MR) is 80.5 cm³/mol. The number of rotatable bonds is 0. The summed E-state index contributed by atoms with van der Waals surface area (Å²) in [6, 6.07) is 10.6. The number of furan rings is 1. The Bertz CT molecular complexity index is 820. The molecule has 0 bridgehead atoms. The standard InChI is InChI=1S/C18H16O/c1-11-6-5-7-13-10-12(2)18-17(16(11)13)14-8-3-4-9-15(14)19-18/h3-5,7-11H,6H2,1-2H3. The first-order chi connectivity index (χ1) is 9.25. The van der Waals surface area contributed by atoms with Crippen LogP contribution in [0, 0.1) is 6.92 Å². The van der Waals surface area contributed by atoms with Gasteiger partial charge in [-0.2, -0.15) is 0 Å². The number of para-hydroxylation sites is 1. The molecule has 19 heavy (non-hydrogen) atoms. The van der Waals surface area contributed by atoms with E-state index in [4.69, 9.17) is 4.42 Å². The highest BCUT2D eigenvalue weighted by atomic mass is 16.3. The molecule has 0 aliphatic heterocycles. The summed E-state index contributed by atoms with van der Waals surface area (Å²) in [6.07, 6.45) is 5.65. The average molecular weight is 248 g/mol. The molecule has 0 radical (unpaired) electrons. The molecule has 0 saturated heterocycles. The van der Waals surface area contributed by atoms with Crippen LogP contribution in [-0.4, -0.2) is 0 Å². The van der Waals surface area contributed by atoms with Crippen LogP contribution < -0.4 is 0 Å². The first-order valence-corrected chi connectivity index (χ1v) is 6.87. The van der Waals surface area contributed by atoms with E-state index in [0.717, 1.165) is 17.6 Å². The summed E-state index contributed by atoms with van der Waals surface area (Å²) in [5.41, 5.74) is 6.09. The van der Waals surface area contributed by atoms with Gasteiger partial charge in [0, 0.05) is 10.8 Å². The molecule has 4 rings (SSSR count). The van der Waals surface area contributed by atoms with Crippen LogP contribution in [0.15, 0.2) is 40.8 Å². The summed E-state index contributed by atoms with van der Waals surface area (Å²) in [7, 11) is 0. The number of allylic oxidation sites excluding steroid dienone is 1. The minimum Gasteiger partial charge on any atom is -0.456 e. The van der Waals surface area contributed by atoms with Gasteiger partial charge in [-0.05, 0) is 48.1 Å². The van der Waals surface area contributed by atoms with Crippen LogP contribution in [0.1, 0.15) is 36.0 Å². The highest BCUT2D eigenvalue weighted by Gasteiger charge is 2.21. The lowest BCUT2D eigenvalue weighted by molar-refractivity contribution is 0.664. The smallest absolute Gasteiger partial charge is 0.138 e. The van der Waals surface area contributed by atoms with Gasteiger partial charge in [0.05, 0.1) is 0 Å². The molecule has 1 heterocycles. The van der Waals surface area contributed by atoms with Gasteiger partial charge < -0.3 is 4.42 Å². The molecule has 3 aromatic rings. The molecular formula is C18H16O.